The van der Waals surface area contributed by atoms with Gasteiger partial charge in [-0.1, -0.05) is 106 Å². The summed E-state index contributed by atoms with van der Waals surface area (Å²) in [4.78, 5) is 121. The molecule has 0 saturated carbocycles. The van der Waals surface area contributed by atoms with E-state index in [-0.39, 0.29) is 83.6 Å². The number of H-pyrrole nitrogens is 1. The van der Waals surface area contributed by atoms with Crippen molar-refractivity contribution in [3.8, 4) is 51.4 Å². The van der Waals surface area contributed by atoms with Crippen LogP contribution >= 0.6 is 69.6 Å². The molecule has 6 atom stereocenters. The van der Waals surface area contributed by atoms with Crippen molar-refractivity contribution in [1.29, 1.82) is 0 Å². The Balaban J connectivity index is 1.15. The number of carbonyl (C=O) groups excluding carboxylic acids is 7. The van der Waals surface area contributed by atoms with Gasteiger partial charge >= 0.3 is 5.97 Å². The first kappa shape index (κ1) is 61.7. The standard InChI is InChI=1S/C60H43Cl6N7O15/c1-73-42(54(80)71-47(60(86)87)24-4-7-30(74)8-5-24)12-23-2-9-31(10-3-23)88-43-21-26-13-33(50(43)76)25-6-11-32-34(22-67-41(32)20-25)48(72-58(84)49(75)29-18-39(65)53(79)40(66)19-29)57(83)69-45(27-14-35(61)51(77)36(62)15-27)55(81)68-44(26)56(82)70-46(59(73)85)28-16-37(63)52(78)38(64)17-28/h2-11,13-22,42,44-48,67,74,76-79H,12H2,1H3,(H,68,81)(H,69,83)(H,70,82)(H,71,80)(H,72,84)(H,86,87). The monoisotopic (exact) mass is 1310 g/mol. The van der Waals surface area contributed by atoms with Gasteiger partial charge in [0, 0.05) is 47.3 Å². The molecule has 22 nitrogen and oxygen atoms in total. The second-order valence-electron chi connectivity index (χ2n) is 20.2. The summed E-state index contributed by atoms with van der Waals surface area (Å²) in [6.45, 7) is 0. The van der Waals surface area contributed by atoms with Gasteiger partial charge in [0.25, 0.3) is 5.91 Å². The van der Waals surface area contributed by atoms with Gasteiger partial charge in [-0.3, -0.25) is 33.6 Å². The number of likely N-dealkylation sites (N-methyl/N-ethyl adjacent to an activating group) is 1. The molecule has 1 aromatic heterocycles. The summed E-state index contributed by atoms with van der Waals surface area (Å²) in [5.41, 5.74) is -0.197. The Morgan fingerprint density at radius 3 is 1.70 bits per heavy atom. The minimum absolute atomic E-state index is 0.00621. The number of aromatic hydroxyl groups is 5. The highest BCUT2D eigenvalue weighted by Crippen LogP contribution is 2.45. The number of nitrogens with zero attached hydrogens (tertiary/aromatic N) is 1. The number of ether oxygens (including phenoxy) is 1. The van der Waals surface area contributed by atoms with Crippen molar-refractivity contribution in [3.63, 3.8) is 0 Å². The molecule has 7 aromatic carbocycles. The van der Waals surface area contributed by atoms with Crippen molar-refractivity contribution in [2.45, 2.75) is 42.7 Å². The quantitative estimate of drug-likeness (QED) is 0.0473. The number of halogens is 6. The molecule has 4 aliphatic rings. The fourth-order valence-electron chi connectivity index (χ4n) is 10.0. The molecule has 12 N–H and O–H groups in total. The van der Waals surface area contributed by atoms with E-state index < -0.39 is 132 Å². The zero-order valence-electron chi connectivity index (χ0n) is 44.8. The van der Waals surface area contributed by atoms with Crippen molar-refractivity contribution >= 4 is 128 Å². The third kappa shape index (κ3) is 12.3. The van der Waals surface area contributed by atoms with E-state index in [0.29, 0.717) is 5.56 Å². The number of amides is 6. The topological polar surface area (TPSA) is 346 Å². The summed E-state index contributed by atoms with van der Waals surface area (Å²) in [5, 5.41) is 74.6. The lowest BCUT2D eigenvalue weighted by Crippen LogP contribution is -2.54. The van der Waals surface area contributed by atoms with Gasteiger partial charge in [0.05, 0.1) is 30.1 Å². The highest BCUT2D eigenvalue weighted by molar-refractivity contribution is 6.45. The van der Waals surface area contributed by atoms with E-state index in [0.717, 1.165) is 41.3 Å². The van der Waals surface area contributed by atoms with Crippen molar-refractivity contribution < 1.29 is 73.7 Å². The van der Waals surface area contributed by atoms with Gasteiger partial charge in [0.2, 0.25) is 35.3 Å². The number of carboxylic acids is 1. The van der Waals surface area contributed by atoms with E-state index in [4.69, 9.17) is 74.3 Å². The number of rotatable bonds is 9. The summed E-state index contributed by atoms with van der Waals surface area (Å²) in [7, 11) is 1.19. The number of hydrogen-bond donors (Lipinski definition) is 12. The van der Waals surface area contributed by atoms with Crippen LogP contribution in [0.15, 0.2) is 121 Å². The Morgan fingerprint density at radius 2 is 1.14 bits per heavy atom. The van der Waals surface area contributed by atoms with Gasteiger partial charge < -0.3 is 71.8 Å². The second kappa shape index (κ2) is 24.8. The minimum atomic E-state index is -2.07. The Kier molecular flexibility index (Phi) is 17.3. The van der Waals surface area contributed by atoms with Crippen LogP contribution < -0.4 is 31.3 Å². The molecule has 88 heavy (non-hydrogen) atoms. The summed E-state index contributed by atoms with van der Waals surface area (Å²) in [6, 6.07) is 12.8. The third-order valence-corrected chi connectivity index (χ3v) is 16.4. The number of aromatic amines is 1. The van der Waals surface area contributed by atoms with Gasteiger partial charge in [-0.25, -0.2) is 4.79 Å². The molecule has 0 saturated heterocycles. The summed E-state index contributed by atoms with van der Waals surface area (Å²) in [5.74, 6) is -12.9. The maximum atomic E-state index is 15.7. The molecule has 9 bridgehead atoms. The van der Waals surface area contributed by atoms with Gasteiger partial charge in [-0.05, 0) is 112 Å². The van der Waals surface area contributed by atoms with E-state index in [2.05, 4.69) is 31.6 Å². The highest BCUT2D eigenvalue weighted by Gasteiger charge is 2.40. The lowest BCUT2D eigenvalue weighted by atomic mass is 9.95. The maximum absolute atomic E-state index is 15.7. The zero-order valence-corrected chi connectivity index (χ0v) is 49.3. The molecular formula is C60H43Cl6N7O15. The lowest BCUT2D eigenvalue weighted by molar-refractivity contribution is -0.145. The van der Waals surface area contributed by atoms with Gasteiger partial charge in [-0.2, -0.15) is 0 Å². The second-order valence-corrected chi connectivity index (χ2v) is 22.7. The first-order valence-corrected chi connectivity index (χ1v) is 28.2. The Morgan fingerprint density at radius 1 is 0.614 bits per heavy atom. The normalized spacial score (nSPS) is 18.2. The smallest absolute Gasteiger partial charge is 0.330 e. The average molecular weight is 1310 g/mol. The first-order chi connectivity index (χ1) is 41.8. The molecule has 5 heterocycles. The number of nitrogens with one attached hydrogen (secondary N) is 6. The van der Waals surface area contributed by atoms with Gasteiger partial charge in [0.15, 0.2) is 34.8 Å². The van der Waals surface area contributed by atoms with E-state index in [9.17, 15) is 49.8 Å². The molecule has 6 amide bonds. The summed E-state index contributed by atoms with van der Waals surface area (Å²) in [6.07, 6.45) is 1.00. The van der Waals surface area contributed by atoms with Crippen LogP contribution in [0.1, 0.15) is 73.9 Å². The highest BCUT2D eigenvalue weighted by atomic mass is 35.5. The van der Waals surface area contributed by atoms with Gasteiger partial charge in [0.1, 0.15) is 41.7 Å². The maximum Gasteiger partial charge on any atom is 0.330 e. The zero-order chi connectivity index (χ0) is 63.3. The minimum Gasteiger partial charge on any atom is -0.508 e. The number of aromatic nitrogens is 1. The fourth-order valence-corrected chi connectivity index (χ4v) is 11.5. The van der Waals surface area contributed by atoms with Crippen LogP contribution in [0.25, 0.3) is 22.0 Å². The van der Waals surface area contributed by atoms with E-state index >= 15 is 19.2 Å². The van der Waals surface area contributed by atoms with Crippen LogP contribution in [-0.2, 0) is 40.0 Å². The van der Waals surface area contributed by atoms with Crippen molar-refractivity contribution in [2.75, 3.05) is 7.05 Å². The van der Waals surface area contributed by atoms with Crippen molar-refractivity contribution in [2.24, 2.45) is 0 Å². The van der Waals surface area contributed by atoms with E-state index in [1.54, 1.807) is 0 Å². The Bertz CT molecular complexity index is 4190. The number of ketones is 1. The molecule has 0 spiro atoms. The number of aliphatic carboxylic acids is 1. The van der Waals surface area contributed by atoms with E-state index in [1.807, 2.05) is 0 Å². The first-order valence-electron chi connectivity index (χ1n) is 25.9. The van der Waals surface area contributed by atoms with Crippen LogP contribution in [0.3, 0.4) is 0 Å². The van der Waals surface area contributed by atoms with Crippen LogP contribution in [0.2, 0.25) is 30.1 Å². The number of fused-ring (bicyclic) bond motifs is 14. The largest absolute Gasteiger partial charge is 0.508 e. The number of phenols is 5. The Hall–Kier alpha value is -9.42. The Labute approximate surface area is 526 Å². The summed E-state index contributed by atoms with van der Waals surface area (Å²) < 4.78 is 6.36. The number of benzene rings is 7. The van der Waals surface area contributed by atoms with E-state index in [1.165, 1.54) is 92.1 Å². The third-order valence-electron chi connectivity index (χ3n) is 14.6. The predicted octanol–water partition coefficient (Wildman–Crippen LogP) is 9.33. The number of Topliss-reactive ketones (excluding diaryl/α,β-unsaturated/α-hetero) is 1. The molecule has 0 radical (unpaired) electrons. The summed E-state index contributed by atoms with van der Waals surface area (Å²) >= 11 is 38.0. The van der Waals surface area contributed by atoms with Crippen molar-refractivity contribution in [1.82, 2.24) is 36.5 Å². The number of phenolic OH excluding ortho intramolecular Hbond substituents is 5. The average Bonchev–Trinajstić information content (AvgIpc) is 4.13. The molecule has 12 rings (SSSR count). The molecular weight excluding hydrogens is 1270 g/mol. The van der Waals surface area contributed by atoms with Crippen LogP contribution in [0.4, 0.5) is 0 Å². The molecule has 450 valence electrons. The van der Waals surface area contributed by atoms with Gasteiger partial charge in [-0.15, -0.1) is 0 Å². The molecule has 0 aliphatic carbocycles. The van der Waals surface area contributed by atoms with Crippen molar-refractivity contribution in [3.05, 3.63) is 191 Å². The molecule has 6 unspecified atom stereocenters. The molecule has 4 aliphatic heterocycles. The fraction of sp³-hybridized carbons (Fsp3) is 0.133. The molecule has 8 aromatic rings. The number of hydrogen-bond acceptors (Lipinski definition) is 14. The van der Waals surface area contributed by atoms with Crippen LogP contribution in [-0.4, -0.2) is 101 Å². The molecule has 0 fully saturated rings. The predicted molar refractivity (Wildman–Crippen MR) is 321 cm³/mol. The molecule has 28 heteroatoms. The number of carboxylic acid groups (broad SMARTS) is 1. The lowest BCUT2D eigenvalue weighted by Gasteiger charge is -2.33. The number of carbonyl (C=O) groups is 8. The van der Waals surface area contributed by atoms with Crippen LogP contribution in [0.5, 0.6) is 40.2 Å². The van der Waals surface area contributed by atoms with Crippen LogP contribution in [0, 0.1) is 0 Å². The SMILES string of the molecule is CN1C(=O)C(c2cc(Cl)c(O)c(Cl)c2)NC(=O)C2NC(=O)C(c3cc(Cl)c(O)c(Cl)c3)NC(=O)C(NC(=O)C(=O)c3cc(Cl)c(O)c(Cl)c3)c3c[nH]c4cc(ccc34)-c3cc2cc(c3O)Oc2ccc(cc2)CC1C(=O)NC(C(=O)O)c1ccc(O)cc1.